The van der Waals surface area contributed by atoms with Crippen LogP contribution in [0, 0.1) is 11.8 Å². The average Bonchev–Trinajstić information content (AvgIpc) is 2.94. The molecule has 6 nitrogen and oxygen atoms in total. The van der Waals surface area contributed by atoms with Crippen LogP contribution >= 0.6 is 0 Å². The van der Waals surface area contributed by atoms with Gasteiger partial charge in [0.15, 0.2) is 0 Å². The number of carboxylic acid groups (broad SMARTS) is 1. The minimum absolute atomic E-state index is 0.111. The molecule has 154 valence electrons. The van der Waals surface area contributed by atoms with Crippen LogP contribution in [0.15, 0.2) is 54.6 Å². The van der Waals surface area contributed by atoms with E-state index in [9.17, 15) is 20.1 Å². The molecule has 6 heteroatoms. The Bertz CT molecular complexity index is 642. The molecule has 0 saturated heterocycles. The fourth-order valence-corrected chi connectivity index (χ4v) is 3.46. The van der Waals surface area contributed by atoms with E-state index in [1.807, 2.05) is 42.5 Å². The Morgan fingerprint density at radius 2 is 1.93 bits per heavy atom. The van der Waals surface area contributed by atoms with E-state index in [2.05, 4.69) is 0 Å². The molecular weight excluding hydrogens is 360 g/mol. The van der Waals surface area contributed by atoms with Gasteiger partial charge in [0, 0.05) is 18.8 Å². The van der Waals surface area contributed by atoms with E-state index >= 15 is 0 Å². The molecule has 1 fully saturated rings. The molecule has 0 amide bonds. The summed E-state index contributed by atoms with van der Waals surface area (Å²) >= 11 is 0. The van der Waals surface area contributed by atoms with Crippen LogP contribution in [0.2, 0.25) is 0 Å². The Morgan fingerprint density at radius 1 is 1.18 bits per heavy atom. The van der Waals surface area contributed by atoms with Crippen LogP contribution in [0.3, 0.4) is 0 Å². The molecule has 0 spiro atoms. The third kappa shape index (κ3) is 7.46. The van der Waals surface area contributed by atoms with Crippen molar-refractivity contribution in [3.8, 4) is 5.75 Å². The van der Waals surface area contributed by atoms with Gasteiger partial charge in [-0.1, -0.05) is 42.5 Å². The summed E-state index contributed by atoms with van der Waals surface area (Å²) in [6.45, 7) is 0.111. The highest BCUT2D eigenvalue weighted by Gasteiger charge is 2.39. The quantitative estimate of drug-likeness (QED) is 0.342. The lowest BCUT2D eigenvalue weighted by Crippen LogP contribution is -2.21. The van der Waals surface area contributed by atoms with Gasteiger partial charge >= 0.3 is 5.97 Å². The van der Waals surface area contributed by atoms with Crippen molar-refractivity contribution >= 4 is 5.97 Å². The summed E-state index contributed by atoms with van der Waals surface area (Å²) in [6, 6.07) is 9.22. The van der Waals surface area contributed by atoms with Crippen molar-refractivity contribution in [2.45, 2.75) is 50.4 Å². The molecule has 0 heterocycles. The Balaban J connectivity index is 1.82. The number of hydrogen-bond donors (Lipinski definition) is 4. The number of aliphatic hydroxyl groups is 3. The first-order chi connectivity index (χ1) is 13.5. The summed E-state index contributed by atoms with van der Waals surface area (Å²) in [5.74, 6) is -0.505. The lowest BCUT2D eigenvalue weighted by atomic mass is 9.89. The van der Waals surface area contributed by atoms with Gasteiger partial charge in [-0.15, -0.1) is 0 Å². The highest BCUT2D eigenvalue weighted by molar-refractivity contribution is 5.66. The van der Waals surface area contributed by atoms with Crippen molar-refractivity contribution in [3.05, 3.63) is 54.6 Å². The maximum Gasteiger partial charge on any atom is 0.303 e. The molecule has 4 N–H and O–H groups in total. The van der Waals surface area contributed by atoms with Crippen molar-refractivity contribution in [1.82, 2.24) is 0 Å². The molecule has 1 aromatic carbocycles. The minimum Gasteiger partial charge on any atom is -0.491 e. The zero-order valence-electron chi connectivity index (χ0n) is 15.9. The number of rotatable bonds is 11. The minimum atomic E-state index is -0.808. The molecule has 2 unspecified atom stereocenters. The zero-order valence-corrected chi connectivity index (χ0v) is 15.9. The van der Waals surface area contributed by atoms with Crippen LogP contribution in [0.1, 0.15) is 32.1 Å². The average molecular weight is 390 g/mol. The molecule has 28 heavy (non-hydrogen) atoms. The fourth-order valence-electron chi connectivity index (χ4n) is 3.46. The van der Waals surface area contributed by atoms with Crippen molar-refractivity contribution in [2.75, 3.05) is 6.61 Å². The van der Waals surface area contributed by atoms with Gasteiger partial charge in [0.1, 0.15) is 18.5 Å². The maximum absolute atomic E-state index is 10.5. The molecule has 0 aliphatic heterocycles. The van der Waals surface area contributed by atoms with E-state index < -0.39 is 24.3 Å². The number of benzene rings is 1. The highest BCUT2D eigenvalue weighted by Crippen LogP contribution is 2.36. The van der Waals surface area contributed by atoms with Gasteiger partial charge in [0.2, 0.25) is 0 Å². The van der Waals surface area contributed by atoms with E-state index in [1.54, 1.807) is 12.2 Å². The van der Waals surface area contributed by atoms with Gasteiger partial charge in [-0.3, -0.25) is 4.79 Å². The predicted octanol–water partition coefficient (Wildman–Crippen LogP) is 2.54. The van der Waals surface area contributed by atoms with Crippen molar-refractivity contribution in [1.29, 1.82) is 0 Å². The highest BCUT2D eigenvalue weighted by atomic mass is 16.5. The van der Waals surface area contributed by atoms with Crippen LogP contribution in [0.25, 0.3) is 0 Å². The van der Waals surface area contributed by atoms with E-state index in [0.29, 0.717) is 31.4 Å². The number of carboxylic acids is 1. The Kier molecular flexibility index (Phi) is 9.20. The van der Waals surface area contributed by atoms with E-state index in [4.69, 9.17) is 9.84 Å². The molecule has 5 atom stereocenters. The number of para-hydroxylation sites is 1. The Hall–Kier alpha value is -2.15. The standard InChI is InChI=1S/C22H30O6/c23-16(15-28-17-8-4-3-5-9-17)12-13-19-18(20(24)14-21(19)25)10-6-1-2-7-11-22(26)27/h1,3-6,8-9,12-13,16,18-21,23-25H,2,7,10-11,14-15H2,(H,26,27)/b6-1-,13-12+/t16-,18?,19?,20+,21-/m1/s1. The molecule has 1 aliphatic rings. The van der Waals surface area contributed by atoms with Crippen LogP contribution in [0.4, 0.5) is 0 Å². The van der Waals surface area contributed by atoms with E-state index in [-0.39, 0.29) is 24.9 Å². The monoisotopic (exact) mass is 390 g/mol. The molecule has 1 saturated carbocycles. The molecular formula is C22H30O6. The molecule has 0 aromatic heterocycles. The van der Waals surface area contributed by atoms with Gasteiger partial charge in [-0.25, -0.2) is 0 Å². The zero-order chi connectivity index (χ0) is 20.4. The SMILES string of the molecule is O=C(O)CCC/C=C\CC1C(/C=C/[C@@H](O)COc2ccccc2)[C@H](O)C[C@@H]1O. The van der Waals surface area contributed by atoms with Gasteiger partial charge in [-0.2, -0.15) is 0 Å². The number of ether oxygens (including phenoxy) is 1. The van der Waals surface area contributed by atoms with E-state index in [1.165, 1.54) is 0 Å². The number of allylic oxidation sites excluding steroid dienone is 2. The Morgan fingerprint density at radius 3 is 2.64 bits per heavy atom. The topological polar surface area (TPSA) is 107 Å². The second-order valence-electron chi connectivity index (χ2n) is 7.18. The van der Waals surface area contributed by atoms with Crippen molar-refractivity contribution in [3.63, 3.8) is 0 Å². The molecule has 1 aromatic rings. The first-order valence-electron chi connectivity index (χ1n) is 9.74. The van der Waals surface area contributed by atoms with Crippen LogP contribution < -0.4 is 4.74 Å². The molecule has 0 radical (unpaired) electrons. The fraction of sp³-hybridized carbons (Fsp3) is 0.500. The summed E-state index contributed by atoms with van der Waals surface area (Å²) < 4.78 is 5.51. The van der Waals surface area contributed by atoms with Crippen LogP contribution in [0.5, 0.6) is 5.75 Å². The van der Waals surface area contributed by atoms with Crippen molar-refractivity contribution in [2.24, 2.45) is 11.8 Å². The second-order valence-corrected chi connectivity index (χ2v) is 7.18. The number of carbonyl (C=O) groups is 1. The van der Waals surface area contributed by atoms with Crippen LogP contribution in [-0.4, -0.2) is 51.3 Å². The van der Waals surface area contributed by atoms with Gasteiger partial charge in [0.25, 0.3) is 0 Å². The number of aliphatic carboxylic acids is 1. The predicted molar refractivity (Wildman–Crippen MR) is 106 cm³/mol. The normalized spacial score (nSPS) is 26.1. The first-order valence-corrected chi connectivity index (χ1v) is 9.74. The lowest BCUT2D eigenvalue weighted by molar-refractivity contribution is -0.137. The summed E-state index contributed by atoms with van der Waals surface area (Å²) in [6.07, 6.45) is 7.46. The van der Waals surface area contributed by atoms with Crippen molar-refractivity contribution < 1.29 is 30.0 Å². The number of aliphatic hydroxyl groups excluding tert-OH is 3. The van der Waals surface area contributed by atoms with Gasteiger partial charge in [-0.05, 0) is 37.3 Å². The third-order valence-corrected chi connectivity index (χ3v) is 4.97. The van der Waals surface area contributed by atoms with Gasteiger partial charge in [0.05, 0.1) is 12.2 Å². The van der Waals surface area contributed by atoms with Crippen LogP contribution in [-0.2, 0) is 4.79 Å². The summed E-state index contributed by atoms with van der Waals surface area (Å²) in [5, 5.41) is 39.2. The lowest BCUT2D eigenvalue weighted by Gasteiger charge is -2.19. The number of unbranched alkanes of at least 4 members (excludes halogenated alkanes) is 1. The maximum atomic E-state index is 10.5. The first kappa shape index (κ1) is 22.1. The second kappa shape index (κ2) is 11.6. The number of hydrogen-bond acceptors (Lipinski definition) is 5. The summed E-state index contributed by atoms with van der Waals surface area (Å²) in [4.78, 5) is 10.5. The largest absolute Gasteiger partial charge is 0.491 e. The molecule has 0 bridgehead atoms. The third-order valence-electron chi connectivity index (χ3n) is 4.97. The smallest absolute Gasteiger partial charge is 0.303 e. The van der Waals surface area contributed by atoms with E-state index in [0.717, 1.165) is 0 Å². The molecule has 1 aliphatic carbocycles. The Labute approximate surface area is 165 Å². The summed E-state index contributed by atoms with van der Waals surface area (Å²) in [5.41, 5.74) is 0. The van der Waals surface area contributed by atoms with Gasteiger partial charge < -0.3 is 25.2 Å². The summed E-state index contributed by atoms with van der Waals surface area (Å²) in [7, 11) is 0. The molecule has 2 rings (SSSR count).